The van der Waals surface area contributed by atoms with Gasteiger partial charge in [0, 0.05) is 23.5 Å². The maximum absolute atomic E-state index is 6.16. The summed E-state index contributed by atoms with van der Waals surface area (Å²) in [4.78, 5) is 4.51. The SMILES string of the molecule is Cc1cc(CSc2nnc(-c3ccccn3)n2CC2CCCCC2)ccc1Cl. The van der Waals surface area contributed by atoms with E-state index in [1.165, 1.54) is 37.7 Å². The normalized spacial score (nSPS) is 15.1. The molecule has 28 heavy (non-hydrogen) atoms. The second kappa shape index (κ2) is 9.10. The van der Waals surface area contributed by atoms with Crippen molar-refractivity contribution >= 4 is 23.4 Å². The van der Waals surface area contributed by atoms with Crippen molar-refractivity contribution < 1.29 is 0 Å². The number of hydrogen-bond donors (Lipinski definition) is 0. The fraction of sp³-hybridized carbons (Fsp3) is 0.409. The number of benzene rings is 1. The van der Waals surface area contributed by atoms with Crippen LogP contribution in [0.3, 0.4) is 0 Å². The van der Waals surface area contributed by atoms with Crippen LogP contribution in [0, 0.1) is 12.8 Å². The number of thioether (sulfide) groups is 1. The molecule has 4 nitrogen and oxygen atoms in total. The minimum atomic E-state index is 0.698. The summed E-state index contributed by atoms with van der Waals surface area (Å²) < 4.78 is 2.28. The topological polar surface area (TPSA) is 43.6 Å². The minimum Gasteiger partial charge on any atom is -0.300 e. The molecule has 1 fully saturated rings. The molecule has 0 bridgehead atoms. The van der Waals surface area contributed by atoms with Gasteiger partial charge >= 0.3 is 0 Å². The van der Waals surface area contributed by atoms with Gasteiger partial charge in [-0.2, -0.15) is 0 Å². The lowest BCUT2D eigenvalue weighted by Crippen LogP contribution is -2.16. The van der Waals surface area contributed by atoms with Gasteiger partial charge in [-0.1, -0.05) is 60.8 Å². The zero-order chi connectivity index (χ0) is 19.3. The van der Waals surface area contributed by atoms with Crippen molar-refractivity contribution in [1.29, 1.82) is 0 Å². The molecule has 1 aliphatic rings. The third-order valence-corrected chi connectivity index (χ3v) is 6.83. The Kier molecular flexibility index (Phi) is 6.33. The molecule has 0 radical (unpaired) electrons. The summed E-state index contributed by atoms with van der Waals surface area (Å²) in [6, 6.07) is 12.2. The molecule has 1 saturated carbocycles. The highest BCUT2D eigenvalue weighted by Crippen LogP contribution is 2.31. The van der Waals surface area contributed by atoms with E-state index in [-0.39, 0.29) is 0 Å². The van der Waals surface area contributed by atoms with E-state index in [2.05, 4.69) is 31.9 Å². The van der Waals surface area contributed by atoms with Crippen molar-refractivity contribution in [1.82, 2.24) is 19.7 Å². The summed E-state index contributed by atoms with van der Waals surface area (Å²) in [6.45, 7) is 3.02. The lowest BCUT2D eigenvalue weighted by atomic mass is 9.89. The van der Waals surface area contributed by atoms with Gasteiger partial charge in [0.2, 0.25) is 0 Å². The average molecular weight is 413 g/mol. The van der Waals surface area contributed by atoms with Crippen LogP contribution in [0.2, 0.25) is 5.02 Å². The number of hydrogen-bond acceptors (Lipinski definition) is 4. The van der Waals surface area contributed by atoms with Gasteiger partial charge in [0.1, 0.15) is 5.69 Å². The van der Waals surface area contributed by atoms with Crippen molar-refractivity contribution in [3.63, 3.8) is 0 Å². The molecule has 1 aromatic carbocycles. The van der Waals surface area contributed by atoms with Crippen LogP contribution in [-0.4, -0.2) is 19.7 Å². The number of halogens is 1. The van der Waals surface area contributed by atoms with Gasteiger partial charge < -0.3 is 4.57 Å². The summed E-state index contributed by atoms with van der Waals surface area (Å²) in [5.41, 5.74) is 3.25. The van der Waals surface area contributed by atoms with Gasteiger partial charge in [-0.15, -0.1) is 10.2 Å². The second-order valence-corrected chi connectivity index (χ2v) is 8.86. The molecule has 0 spiro atoms. The maximum Gasteiger partial charge on any atom is 0.191 e. The average Bonchev–Trinajstić information content (AvgIpc) is 3.13. The van der Waals surface area contributed by atoms with Crippen molar-refractivity contribution in [2.24, 2.45) is 5.92 Å². The Bertz CT molecular complexity index is 920. The van der Waals surface area contributed by atoms with Crippen molar-refractivity contribution in [3.8, 4) is 11.5 Å². The van der Waals surface area contributed by atoms with Gasteiger partial charge in [0.15, 0.2) is 11.0 Å². The van der Waals surface area contributed by atoms with Crippen LogP contribution in [0.4, 0.5) is 0 Å². The predicted molar refractivity (Wildman–Crippen MR) is 116 cm³/mol. The highest BCUT2D eigenvalue weighted by Gasteiger charge is 2.21. The molecule has 1 aliphatic carbocycles. The van der Waals surface area contributed by atoms with Crippen molar-refractivity contribution in [2.45, 2.75) is 56.5 Å². The monoisotopic (exact) mass is 412 g/mol. The van der Waals surface area contributed by atoms with Crippen molar-refractivity contribution in [3.05, 3.63) is 58.7 Å². The van der Waals surface area contributed by atoms with Gasteiger partial charge in [-0.25, -0.2) is 0 Å². The van der Waals surface area contributed by atoms with E-state index in [9.17, 15) is 0 Å². The molecule has 2 heterocycles. The molecule has 0 saturated heterocycles. The molecule has 0 unspecified atom stereocenters. The minimum absolute atomic E-state index is 0.698. The zero-order valence-electron chi connectivity index (χ0n) is 16.1. The van der Waals surface area contributed by atoms with Gasteiger partial charge in [0.05, 0.1) is 0 Å². The fourth-order valence-corrected chi connectivity index (χ4v) is 4.83. The Morgan fingerprint density at radius 3 is 2.71 bits per heavy atom. The Hall–Kier alpha value is -1.85. The first-order chi connectivity index (χ1) is 13.7. The molecule has 146 valence electrons. The number of nitrogens with zero attached hydrogens (tertiary/aromatic N) is 4. The Labute approximate surface area is 175 Å². The summed E-state index contributed by atoms with van der Waals surface area (Å²) in [7, 11) is 0. The van der Waals surface area contributed by atoms with E-state index >= 15 is 0 Å². The van der Waals surface area contributed by atoms with Gasteiger partial charge in [0.25, 0.3) is 0 Å². The predicted octanol–water partition coefficient (Wildman–Crippen LogP) is 6.17. The first-order valence-electron chi connectivity index (χ1n) is 9.93. The van der Waals surface area contributed by atoms with Crippen LogP contribution in [0.15, 0.2) is 47.8 Å². The van der Waals surface area contributed by atoms with Crippen molar-refractivity contribution in [2.75, 3.05) is 0 Å². The molecular formula is C22H25ClN4S. The smallest absolute Gasteiger partial charge is 0.191 e. The first-order valence-corrected chi connectivity index (χ1v) is 11.3. The highest BCUT2D eigenvalue weighted by molar-refractivity contribution is 7.98. The third-order valence-electron chi connectivity index (χ3n) is 5.37. The lowest BCUT2D eigenvalue weighted by molar-refractivity contribution is 0.313. The largest absolute Gasteiger partial charge is 0.300 e. The zero-order valence-corrected chi connectivity index (χ0v) is 17.7. The molecule has 0 N–H and O–H groups in total. The Morgan fingerprint density at radius 1 is 1.11 bits per heavy atom. The summed E-state index contributed by atoms with van der Waals surface area (Å²) in [6.07, 6.45) is 8.43. The van der Waals surface area contributed by atoms with E-state index in [1.54, 1.807) is 11.8 Å². The number of aromatic nitrogens is 4. The fourth-order valence-electron chi connectivity index (χ4n) is 3.82. The Balaban J connectivity index is 1.58. The lowest BCUT2D eigenvalue weighted by Gasteiger charge is -2.23. The third kappa shape index (κ3) is 4.58. The molecule has 4 rings (SSSR count). The van der Waals surface area contributed by atoms with E-state index < -0.39 is 0 Å². The van der Waals surface area contributed by atoms with Crippen LogP contribution in [0.25, 0.3) is 11.5 Å². The van der Waals surface area contributed by atoms with Gasteiger partial charge in [-0.3, -0.25) is 4.98 Å². The van der Waals surface area contributed by atoms with Crippen LogP contribution in [-0.2, 0) is 12.3 Å². The number of rotatable bonds is 6. The van der Waals surface area contributed by atoms with Crippen LogP contribution in [0.5, 0.6) is 0 Å². The molecular weight excluding hydrogens is 388 g/mol. The quantitative estimate of drug-likeness (QED) is 0.454. The summed E-state index contributed by atoms with van der Waals surface area (Å²) in [5.74, 6) is 2.42. The van der Waals surface area contributed by atoms with Crippen LogP contribution < -0.4 is 0 Å². The van der Waals surface area contributed by atoms with Crippen LogP contribution >= 0.6 is 23.4 Å². The summed E-state index contributed by atoms with van der Waals surface area (Å²) in [5, 5.41) is 10.8. The molecule has 0 amide bonds. The molecule has 0 aliphatic heterocycles. The molecule has 6 heteroatoms. The summed E-state index contributed by atoms with van der Waals surface area (Å²) >= 11 is 7.90. The number of pyridine rings is 1. The molecule has 2 aromatic heterocycles. The second-order valence-electron chi connectivity index (χ2n) is 7.51. The Morgan fingerprint density at radius 2 is 1.96 bits per heavy atom. The van der Waals surface area contributed by atoms with E-state index in [0.717, 1.165) is 39.6 Å². The first kappa shape index (κ1) is 19.5. The van der Waals surface area contributed by atoms with E-state index in [1.807, 2.05) is 37.4 Å². The molecule has 3 aromatic rings. The van der Waals surface area contributed by atoms with Gasteiger partial charge in [-0.05, 0) is 55.0 Å². The standard InChI is InChI=1S/C22H25ClN4S/c1-16-13-18(10-11-19(16)23)15-28-22-26-25-21(20-9-5-6-12-24-20)27(22)14-17-7-3-2-4-8-17/h5-6,9-13,17H,2-4,7-8,14-15H2,1H3. The van der Waals surface area contributed by atoms with E-state index in [0.29, 0.717) is 5.92 Å². The van der Waals surface area contributed by atoms with Crippen LogP contribution in [0.1, 0.15) is 43.2 Å². The molecule has 0 atom stereocenters. The van der Waals surface area contributed by atoms with E-state index in [4.69, 9.17) is 11.6 Å². The maximum atomic E-state index is 6.16. The number of aryl methyl sites for hydroxylation is 1. The highest BCUT2D eigenvalue weighted by atomic mass is 35.5.